The second-order valence-corrected chi connectivity index (χ2v) is 36.6. The number of quaternary nitrogens is 6. The molecule has 0 aromatic heterocycles. The maximum atomic E-state index is 8.55. The van der Waals surface area contributed by atoms with Crippen LogP contribution < -0.4 is 29.4 Å². The predicted octanol–water partition coefficient (Wildman–Crippen LogP) is 24.4. The van der Waals surface area contributed by atoms with Gasteiger partial charge in [-0.25, -0.2) is 0 Å². The van der Waals surface area contributed by atoms with Gasteiger partial charge in [0, 0.05) is 0 Å². The normalized spacial score (nSPS) is 12.0. The Hall–Kier alpha value is -0.0200. The van der Waals surface area contributed by atoms with Crippen molar-refractivity contribution in [2.75, 3.05) is 157 Å². The molecule has 0 unspecified atom stereocenters. The Balaban J connectivity index is -0.000000188. The van der Waals surface area contributed by atoms with Gasteiger partial charge in [0.25, 0.3) is 0 Å². The van der Waals surface area contributed by atoms with Crippen LogP contribution in [0.25, 0.3) is 0 Å². The largest absolute Gasteiger partial charge is 0.822 e. The summed E-state index contributed by atoms with van der Waals surface area (Å²) in [5.41, 5.74) is 0. The number of rotatable bonds is 72. The van der Waals surface area contributed by atoms with Gasteiger partial charge in [-0.1, -0.05) is 320 Å². The van der Waals surface area contributed by atoms with E-state index in [1.54, 1.807) is 0 Å². The molecule has 0 amide bonds. The van der Waals surface area contributed by atoms with Crippen LogP contribution in [0.1, 0.15) is 474 Å². The van der Waals surface area contributed by atoms with Crippen molar-refractivity contribution in [1.29, 1.82) is 0 Å². The average molecular weight is 1640 g/mol. The summed E-state index contributed by atoms with van der Waals surface area (Å²) in [4.78, 5) is 51.3. The van der Waals surface area contributed by atoms with Gasteiger partial charge in [-0.2, -0.15) is 15.6 Å². The standard InChI is InChI=1S/6C16H36N.2H3O4P/c6*1-5-9-13-17(14-10-6-2,15-11-7-3)16-12-8-4;2*1-5(2,3)4/h6*5-16H2,1-4H3;2*(H3,1,2,3,4)/q6*+1;;/p-6. The van der Waals surface area contributed by atoms with Gasteiger partial charge in [0.2, 0.25) is 0 Å². The van der Waals surface area contributed by atoms with Crippen LogP contribution in [0.5, 0.6) is 0 Å². The maximum Gasteiger partial charge on any atom is 0.0786 e. The molecule has 0 saturated heterocycles. The first-order valence-electron chi connectivity index (χ1n) is 50.0. The predicted molar refractivity (Wildman–Crippen MR) is 491 cm³/mol. The van der Waals surface area contributed by atoms with Gasteiger partial charge >= 0.3 is 0 Å². The number of nitrogens with zero attached hydrogens (tertiary/aromatic N) is 6. The van der Waals surface area contributed by atoms with E-state index in [9.17, 15) is 0 Å². The topological polar surface area (TPSA) is 172 Å². The van der Waals surface area contributed by atoms with Crippen molar-refractivity contribution in [2.45, 2.75) is 474 Å². The van der Waals surface area contributed by atoms with Crippen LogP contribution >= 0.6 is 15.6 Å². The Kier molecular flexibility index (Phi) is 106. The lowest BCUT2D eigenvalue weighted by molar-refractivity contribution is -0.929. The lowest BCUT2D eigenvalue weighted by Gasteiger charge is -2.39. The molecule has 0 aliphatic heterocycles. The molecule has 16 heteroatoms. The molecule has 0 fully saturated rings. The Bertz CT molecular complexity index is 1300. The van der Waals surface area contributed by atoms with Crippen LogP contribution in [0.3, 0.4) is 0 Å². The van der Waals surface area contributed by atoms with Crippen molar-refractivity contribution in [2.24, 2.45) is 0 Å². The molecule has 0 heterocycles. The summed E-state index contributed by atoms with van der Waals surface area (Å²) in [6.45, 7) is 90.1. The minimum absolute atomic E-state index is 1.35. The van der Waals surface area contributed by atoms with Crippen molar-refractivity contribution >= 4 is 15.6 Å². The summed E-state index contributed by atoms with van der Waals surface area (Å²) in [6.07, 6.45) is 66.4. The zero-order valence-corrected chi connectivity index (χ0v) is 83.5. The van der Waals surface area contributed by atoms with E-state index in [0.29, 0.717) is 0 Å². The molecular formula is C96H216N6O8P2. The highest BCUT2D eigenvalue weighted by Crippen LogP contribution is 2.23. The lowest BCUT2D eigenvalue weighted by Crippen LogP contribution is -2.50. The molecule has 0 aliphatic rings. The highest BCUT2D eigenvalue weighted by Gasteiger charge is 2.30. The van der Waals surface area contributed by atoms with Gasteiger partial charge in [-0.05, 0) is 154 Å². The fourth-order valence-electron chi connectivity index (χ4n) is 15.9. The molecule has 688 valence electrons. The summed E-state index contributed by atoms with van der Waals surface area (Å²) in [7, 11) is -10.8. The molecule has 0 bridgehead atoms. The maximum absolute atomic E-state index is 8.55. The second-order valence-electron chi connectivity index (χ2n) is 34.8. The summed E-state index contributed by atoms with van der Waals surface area (Å²) in [6, 6.07) is 0. The van der Waals surface area contributed by atoms with Crippen molar-refractivity contribution in [3.8, 4) is 0 Å². The highest BCUT2D eigenvalue weighted by atomic mass is 31.2. The van der Waals surface area contributed by atoms with Crippen LogP contribution in [0.15, 0.2) is 0 Å². The molecule has 0 aliphatic carbocycles. The number of hydrogen-bond donors (Lipinski definition) is 0. The van der Waals surface area contributed by atoms with Gasteiger partial charge in [-0.15, -0.1) is 0 Å². The third kappa shape index (κ3) is 90.7. The molecular weight excluding hydrogens is 1430 g/mol. The van der Waals surface area contributed by atoms with Crippen LogP contribution in [0.4, 0.5) is 0 Å². The summed E-state index contributed by atoms with van der Waals surface area (Å²) >= 11 is 0. The number of phosphoric acid groups is 2. The van der Waals surface area contributed by atoms with Crippen molar-refractivity contribution in [3.63, 3.8) is 0 Å². The first-order chi connectivity index (χ1) is 53.5. The van der Waals surface area contributed by atoms with Gasteiger partial charge in [-0.3, -0.25) is 0 Å². The van der Waals surface area contributed by atoms with E-state index >= 15 is 0 Å². The molecule has 0 aromatic rings. The Labute approximate surface area is 708 Å². The van der Waals surface area contributed by atoms with Crippen LogP contribution in [-0.2, 0) is 9.13 Å². The monoisotopic (exact) mass is 1640 g/mol. The van der Waals surface area contributed by atoms with E-state index in [2.05, 4.69) is 166 Å². The molecule has 0 radical (unpaired) electrons. The Morgan fingerprint density at radius 3 is 0.188 bits per heavy atom. The second kappa shape index (κ2) is 93.3. The SMILES string of the molecule is CCCC[N+](CCCC)(CCCC)CCCC.CCCC[N+](CCCC)(CCCC)CCCC.CCCC[N+](CCCC)(CCCC)CCCC.CCCC[N+](CCCC)(CCCC)CCCC.CCCC[N+](CCCC)(CCCC)CCCC.CCCC[N+](CCCC)(CCCC)CCCC.O=P([O-])([O-])[O-].O=P([O-])([O-])[O-]. The average Bonchev–Trinajstić information content (AvgIpc) is 0.918. The van der Waals surface area contributed by atoms with E-state index in [4.69, 9.17) is 38.5 Å². The van der Waals surface area contributed by atoms with E-state index in [-0.39, 0.29) is 0 Å². The van der Waals surface area contributed by atoms with Crippen LogP contribution in [0, 0.1) is 0 Å². The zero-order valence-electron chi connectivity index (χ0n) is 81.8. The van der Waals surface area contributed by atoms with Crippen LogP contribution in [-0.4, -0.2) is 184 Å². The van der Waals surface area contributed by atoms with Crippen molar-refractivity contribution < 1.29 is 65.4 Å². The minimum Gasteiger partial charge on any atom is -0.822 e. The lowest BCUT2D eigenvalue weighted by atomic mass is 10.1. The highest BCUT2D eigenvalue weighted by molar-refractivity contribution is 7.40. The Morgan fingerprint density at radius 1 is 0.125 bits per heavy atom. The first-order valence-corrected chi connectivity index (χ1v) is 52.9. The molecule has 0 saturated carbocycles. The van der Waals surface area contributed by atoms with E-state index in [1.807, 2.05) is 0 Å². The first kappa shape index (κ1) is 128. The van der Waals surface area contributed by atoms with E-state index in [0.717, 1.165) is 0 Å². The molecule has 14 nitrogen and oxygen atoms in total. The smallest absolute Gasteiger partial charge is 0.0786 e. The molecule has 0 spiro atoms. The van der Waals surface area contributed by atoms with Crippen LogP contribution in [0.2, 0.25) is 0 Å². The molecule has 0 N–H and O–H groups in total. The fraction of sp³-hybridized carbons (Fsp3) is 1.00. The summed E-state index contributed by atoms with van der Waals surface area (Å²) < 4.78 is 25.6. The van der Waals surface area contributed by atoms with Gasteiger partial charge in [0.1, 0.15) is 0 Å². The van der Waals surface area contributed by atoms with Gasteiger partial charge in [0.15, 0.2) is 0 Å². The molecule has 112 heavy (non-hydrogen) atoms. The van der Waals surface area contributed by atoms with Gasteiger partial charge in [0.05, 0.1) is 157 Å². The number of hydrogen-bond acceptors (Lipinski definition) is 8. The molecule has 0 rings (SSSR count). The summed E-state index contributed by atoms with van der Waals surface area (Å²) in [5, 5.41) is 0. The fourth-order valence-corrected chi connectivity index (χ4v) is 15.9. The van der Waals surface area contributed by atoms with E-state index in [1.165, 1.54) is 492 Å². The van der Waals surface area contributed by atoms with Crippen molar-refractivity contribution in [3.05, 3.63) is 0 Å². The zero-order chi connectivity index (χ0) is 86.9. The Morgan fingerprint density at radius 2 is 0.161 bits per heavy atom. The molecule has 0 atom stereocenters. The summed E-state index contributed by atoms with van der Waals surface area (Å²) in [5.74, 6) is 0. The van der Waals surface area contributed by atoms with Gasteiger partial charge < -0.3 is 65.4 Å². The minimum atomic E-state index is -5.39. The third-order valence-corrected chi connectivity index (χ3v) is 23.7. The quantitative estimate of drug-likeness (QED) is 0.0427. The van der Waals surface area contributed by atoms with Crippen molar-refractivity contribution in [1.82, 2.24) is 0 Å². The van der Waals surface area contributed by atoms with E-state index < -0.39 is 15.6 Å². The third-order valence-electron chi connectivity index (χ3n) is 23.7. The molecule has 0 aromatic carbocycles. The number of unbranched alkanes of at least 4 members (excludes halogenated alkanes) is 24.